The molecule has 19 heavy (non-hydrogen) atoms. The molecule has 0 saturated carbocycles. The van der Waals surface area contributed by atoms with E-state index < -0.39 is 21.5 Å². The Morgan fingerprint density at radius 2 is 1.84 bits per heavy atom. The van der Waals surface area contributed by atoms with Crippen molar-refractivity contribution in [3.8, 4) is 0 Å². The van der Waals surface area contributed by atoms with Gasteiger partial charge in [0.15, 0.2) is 0 Å². The molecular weight excluding hydrogens is 264 g/mol. The fourth-order valence-electron chi connectivity index (χ4n) is 1.72. The van der Waals surface area contributed by atoms with Crippen LogP contribution in [0.4, 0.5) is 0 Å². The summed E-state index contributed by atoms with van der Waals surface area (Å²) < 4.78 is 26.7. The molecule has 0 saturated heterocycles. The molecule has 0 aliphatic heterocycles. The molecular formula is C13H14N2O3S. The van der Waals surface area contributed by atoms with Crippen LogP contribution in [-0.2, 0) is 10.0 Å². The van der Waals surface area contributed by atoms with E-state index in [0.29, 0.717) is 0 Å². The second-order valence-corrected chi connectivity index (χ2v) is 5.81. The molecule has 1 atom stereocenters. The summed E-state index contributed by atoms with van der Waals surface area (Å²) in [6.45, 7) is 1.73. The monoisotopic (exact) mass is 278 g/mol. The van der Waals surface area contributed by atoms with Crippen LogP contribution in [0, 0.1) is 0 Å². The number of benzene rings is 1. The number of sulfonamides is 1. The molecule has 0 fully saturated rings. The first kappa shape index (κ1) is 13.5. The van der Waals surface area contributed by atoms with Crippen molar-refractivity contribution in [1.29, 1.82) is 0 Å². The van der Waals surface area contributed by atoms with Gasteiger partial charge in [-0.25, -0.2) is 13.1 Å². The van der Waals surface area contributed by atoms with E-state index in [2.05, 4.69) is 9.71 Å². The van der Waals surface area contributed by atoms with E-state index in [4.69, 9.17) is 0 Å². The average Bonchev–Trinajstić information content (AvgIpc) is 2.39. The third-order valence-corrected chi connectivity index (χ3v) is 4.27. The number of H-pyrrole nitrogens is 1. The van der Waals surface area contributed by atoms with Crippen molar-refractivity contribution < 1.29 is 8.42 Å². The van der Waals surface area contributed by atoms with Crippen LogP contribution in [0.3, 0.4) is 0 Å². The van der Waals surface area contributed by atoms with Crippen molar-refractivity contribution in [3.63, 3.8) is 0 Å². The van der Waals surface area contributed by atoms with Crippen LogP contribution < -0.4 is 10.2 Å². The van der Waals surface area contributed by atoms with Crippen LogP contribution >= 0.6 is 0 Å². The molecule has 0 unspecified atom stereocenters. The summed E-state index contributed by atoms with van der Waals surface area (Å²) in [5.74, 6) is 0. The Morgan fingerprint density at radius 1 is 1.16 bits per heavy atom. The van der Waals surface area contributed by atoms with Crippen molar-refractivity contribution in [2.45, 2.75) is 17.9 Å². The molecule has 2 rings (SSSR count). The molecule has 2 N–H and O–H groups in total. The summed E-state index contributed by atoms with van der Waals surface area (Å²) in [6.07, 6.45) is 2.57. The van der Waals surface area contributed by atoms with Gasteiger partial charge in [0.1, 0.15) is 4.90 Å². The third kappa shape index (κ3) is 3.10. The number of rotatable bonds is 4. The first-order chi connectivity index (χ1) is 9.00. The van der Waals surface area contributed by atoms with Gasteiger partial charge in [0.2, 0.25) is 15.5 Å². The largest absolute Gasteiger partial charge is 0.366 e. The summed E-state index contributed by atoms with van der Waals surface area (Å²) in [6, 6.07) is 9.93. The Morgan fingerprint density at radius 3 is 2.47 bits per heavy atom. The Bertz CT molecular complexity index is 708. The van der Waals surface area contributed by atoms with Crippen molar-refractivity contribution in [2.75, 3.05) is 0 Å². The van der Waals surface area contributed by atoms with Gasteiger partial charge in [-0.15, -0.1) is 0 Å². The summed E-state index contributed by atoms with van der Waals surface area (Å²) in [5.41, 5.74) is 0.296. The zero-order chi connectivity index (χ0) is 13.9. The minimum absolute atomic E-state index is 0.280. The maximum Gasteiger partial charge on any atom is 0.246 e. The highest BCUT2D eigenvalue weighted by Crippen LogP contribution is 2.14. The van der Waals surface area contributed by atoms with E-state index in [1.165, 1.54) is 18.5 Å². The molecule has 1 aromatic heterocycles. The predicted molar refractivity (Wildman–Crippen MR) is 72.2 cm³/mol. The van der Waals surface area contributed by atoms with Crippen LogP contribution in [0.15, 0.2) is 58.5 Å². The lowest BCUT2D eigenvalue weighted by atomic mass is 10.1. The Hall–Kier alpha value is -1.92. The molecule has 0 spiro atoms. The van der Waals surface area contributed by atoms with Gasteiger partial charge < -0.3 is 4.98 Å². The average molecular weight is 278 g/mol. The first-order valence-electron chi connectivity index (χ1n) is 5.75. The lowest BCUT2D eigenvalue weighted by Crippen LogP contribution is -2.30. The first-order valence-corrected chi connectivity index (χ1v) is 7.23. The summed E-state index contributed by atoms with van der Waals surface area (Å²) in [5, 5.41) is 0. The highest BCUT2D eigenvalue weighted by Gasteiger charge is 2.20. The van der Waals surface area contributed by atoms with Gasteiger partial charge in [0.05, 0.1) is 0 Å². The number of aromatic nitrogens is 1. The highest BCUT2D eigenvalue weighted by molar-refractivity contribution is 7.89. The molecule has 1 heterocycles. The maximum absolute atomic E-state index is 12.1. The van der Waals surface area contributed by atoms with E-state index in [0.717, 1.165) is 5.56 Å². The van der Waals surface area contributed by atoms with E-state index >= 15 is 0 Å². The van der Waals surface area contributed by atoms with Gasteiger partial charge in [-0.3, -0.25) is 4.79 Å². The number of hydrogen-bond acceptors (Lipinski definition) is 3. The van der Waals surface area contributed by atoms with Crippen LogP contribution in [0.5, 0.6) is 0 Å². The number of nitrogens with one attached hydrogen (secondary N) is 2. The molecule has 0 amide bonds. The van der Waals surface area contributed by atoms with E-state index in [1.54, 1.807) is 6.92 Å². The van der Waals surface area contributed by atoms with Crippen LogP contribution in [0.1, 0.15) is 18.5 Å². The fourth-order valence-corrected chi connectivity index (χ4v) is 3.00. The summed E-state index contributed by atoms with van der Waals surface area (Å²) in [4.78, 5) is 13.9. The zero-order valence-corrected chi connectivity index (χ0v) is 11.1. The van der Waals surface area contributed by atoms with E-state index in [9.17, 15) is 13.2 Å². The van der Waals surface area contributed by atoms with Crippen molar-refractivity contribution in [2.24, 2.45) is 0 Å². The quantitative estimate of drug-likeness (QED) is 0.887. The second-order valence-electron chi connectivity index (χ2n) is 4.13. The third-order valence-electron chi connectivity index (χ3n) is 2.71. The smallest absolute Gasteiger partial charge is 0.246 e. The lowest BCUT2D eigenvalue weighted by molar-refractivity contribution is 0.565. The zero-order valence-electron chi connectivity index (χ0n) is 10.3. The molecule has 5 nitrogen and oxygen atoms in total. The van der Waals surface area contributed by atoms with Crippen LogP contribution in [0.2, 0.25) is 0 Å². The molecule has 0 aliphatic rings. The minimum Gasteiger partial charge on any atom is -0.366 e. The molecule has 0 bridgehead atoms. The van der Waals surface area contributed by atoms with Gasteiger partial charge in [0, 0.05) is 24.5 Å². The van der Waals surface area contributed by atoms with Crippen molar-refractivity contribution in [3.05, 3.63) is 64.6 Å². The molecule has 0 radical (unpaired) electrons. The highest BCUT2D eigenvalue weighted by atomic mass is 32.2. The number of pyridine rings is 1. The van der Waals surface area contributed by atoms with Crippen molar-refractivity contribution in [1.82, 2.24) is 9.71 Å². The predicted octanol–water partition coefficient (Wildman–Crippen LogP) is 1.41. The normalized spacial score (nSPS) is 13.1. The van der Waals surface area contributed by atoms with Crippen LogP contribution in [-0.4, -0.2) is 13.4 Å². The molecule has 2 aromatic rings. The van der Waals surface area contributed by atoms with Gasteiger partial charge in [0.25, 0.3) is 0 Å². The SMILES string of the molecule is C[C@@H](NS(=O)(=O)c1c[nH]ccc1=O)c1ccccc1. The van der Waals surface area contributed by atoms with Crippen LogP contribution in [0.25, 0.3) is 0 Å². The van der Waals surface area contributed by atoms with Gasteiger partial charge in [-0.2, -0.15) is 0 Å². The number of hydrogen-bond donors (Lipinski definition) is 2. The van der Waals surface area contributed by atoms with Gasteiger partial charge in [-0.05, 0) is 12.5 Å². The topological polar surface area (TPSA) is 79.0 Å². The maximum atomic E-state index is 12.1. The minimum atomic E-state index is -3.83. The molecule has 1 aromatic carbocycles. The van der Waals surface area contributed by atoms with Crippen molar-refractivity contribution >= 4 is 10.0 Å². The fraction of sp³-hybridized carbons (Fsp3) is 0.154. The molecule has 6 heteroatoms. The standard InChI is InChI=1S/C13H14N2O3S/c1-10(11-5-3-2-4-6-11)15-19(17,18)13-9-14-8-7-12(13)16/h2-10,15H,1H3,(H,14,16)/t10-/m1/s1. The van der Waals surface area contributed by atoms with Gasteiger partial charge in [-0.1, -0.05) is 30.3 Å². The van der Waals surface area contributed by atoms with E-state index in [1.807, 2.05) is 30.3 Å². The number of aromatic amines is 1. The van der Waals surface area contributed by atoms with E-state index in [-0.39, 0.29) is 4.90 Å². The Kier molecular flexibility index (Phi) is 3.82. The second kappa shape index (κ2) is 5.38. The van der Waals surface area contributed by atoms with Gasteiger partial charge >= 0.3 is 0 Å². The summed E-state index contributed by atoms with van der Waals surface area (Å²) in [7, 11) is -3.83. The molecule has 0 aliphatic carbocycles. The molecule has 100 valence electrons. The lowest BCUT2D eigenvalue weighted by Gasteiger charge is -2.14. The summed E-state index contributed by atoms with van der Waals surface area (Å²) >= 11 is 0. The Labute approximate surface area is 111 Å². The Balaban J connectivity index is 2.28.